The van der Waals surface area contributed by atoms with Gasteiger partial charge in [0.15, 0.2) is 0 Å². The fourth-order valence-corrected chi connectivity index (χ4v) is 3.65. The average molecular weight is 275 g/mol. The van der Waals surface area contributed by atoms with Gasteiger partial charge in [0.25, 0.3) is 0 Å². The Kier molecular flexibility index (Phi) is 3.60. The molecular weight excluding hydrogens is 260 g/mol. The molecule has 1 aromatic heterocycles. The van der Waals surface area contributed by atoms with Crippen LogP contribution in [0.2, 0.25) is 0 Å². The molecule has 0 aromatic carbocycles. The van der Waals surface area contributed by atoms with Crippen LogP contribution in [0.3, 0.4) is 0 Å². The first-order valence-electron chi connectivity index (χ1n) is 4.96. The largest absolute Gasteiger partial charge is 0.312 e. The lowest BCUT2D eigenvalue weighted by atomic mass is 10.1. The average Bonchev–Trinajstić information content (AvgIpc) is 2.79. The molecule has 1 saturated heterocycles. The van der Waals surface area contributed by atoms with Crippen molar-refractivity contribution in [3.05, 3.63) is 20.8 Å². The van der Waals surface area contributed by atoms with Gasteiger partial charge in [-0.05, 0) is 48.4 Å². The van der Waals surface area contributed by atoms with Crippen LogP contribution < -0.4 is 10.6 Å². The van der Waals surface area contributed by atoms with Crippen molar-refractivity contribution in [2.24, 2.45) is 0 Å². The molecule has 0 radical (unpaired) electrons. The summed E-state index contributed by atoms with van der Waals surface area (Å²) in [4.78, 5) is 1.42. The van der Waals surface area contributed by atoms with Crippen molar-refractivity contribution < 1.29 is 0 Å². The fourth-order valence-electron chi connectivity index (χ4n) is 2.03. The molecule has 1 aliphatic heterocycles. The summed E-state index contributed by atoms with van der Waals surface area (Å²) in [7, 11) is 2.04. The van der Waals surface area contributed by atoms with E-state index in [2.05, 4.69) is 38.0 Å². The predicted molar refractivity (Wildman–Crippen MR) is 64.8 cm³/mol. The second-order valence-electron chi connectivity index (χ2n) is 3.64. The van der Waals surface area contributed by atoms with E-state index in [4.69, 9.17) is 0 Å². The van der Waals surface area contributed by atoms with Crippen LogP contribution in [0.4, 0.5) is 0 Å². The molecule has 0 aliphatic carbocycles. The molecule has 0 spiro atoms. The molecule has 0 saturated carbocycles. The van der Waals surface area contributed by atoms with Crippen LogP contribution in [0.15, 0.2) is 15.9 Å². The van der Waals surface area contributed by atoms with Gasteiger partial charge in [-0.1, -0.05) is 0 Å². The van der Waals surface area contributed by atoms with E-state index in [1.807, 2.05) is 18.4 Å². The lowest BCUT2D eigenvalue weighted by molar-refractivity contribution is 0.446. The van der Waals surface area contributed by atoms with E-state index in [1.165, 1.54) is 22.2 Å². The molecule has 0 amide bonds. The first-order valence-corrected chi connectivity index (χ1v) is 6.63. The lowest BCUT2D eigenvalue weighted by Gasteiger charge is -2.21. The maximum Gasteiger partial charge on any atom is 0.0568 e. The second kappa shape index (κ2) is 4.75. The number of rotatable bonds is 3. The van der Waals surface area contributed by atoms with E-state index in [1.54, 1.807) is 0 Å². The summed E-state index contributed by atoms with van der Waals surface area (Å²) >= 11 is 5.32. The summed E-state index contributed by atoms with van der Waals surface area (Å²) in [5.41, 5.74) is 0. The van der Waals surface area contributed by atoms with Crippen LogP contribution in [0.1, 0.15) is 23.8 Å². The second-order valence-corrected chi connectivity index (χ2v) is 5.49. The Balaban J connectivity index is 2.12. The van der Waals surface area contributed by atoms with E-state index in [0.29, 0.717) is 12.1 Å². The highest BCUT2D eigenvalue weighted by molar-refractivity contribution is 9.10. The van der Waals surface area contributed by atoms with Crippen LogP contribution in [-0.2, 0) is 0 Å². The SMILES string of the molecule is CNC(c1cc(Br)cs1)C1CCCN1. The highest BCUT2D eigenvalue weighted by atomic mass is 79.9. The molecule has 1 fully saturated rings. The van der Waals surface area contributed by atoms with Gasteiger partial charge in [0.2, 0.25) is 0 Å². The van der Waals surface area contributed by atoms with Crippen molar-refractivity contribution in [1.82, 2.24) is 10.6 Å². The van der Waals surface area contributed by atoms with Crippen molar-refractivity contribution in [3.63, 3.8) is 0 Å². The molecule has 0 bridgehead atoms. The summed E-state index contributed by atoms with van der Waals surface area (Å²) in [6.07, 6.45) is 2.58. The molecule has 14 heavy (non-hydrogen) atoms. The normalized spacial score (nSPS) is 24.0. The Bertz CT molecular complexity index is 294. The Hall–Kier alpha value is 0.1000. The minimum atomic E-state index is 0.466. The Morgan fingerprint density at radius 2 is 2.57 bits per heavy atom. The molecular formula is C10H15BrN2S. The number of hydrogen-bond acceptors (Lipinski definition) is 3. The third-order valence-electron chi connectivity index (χ3n) is 2.71. The van der Waals surface area contributed by atoms with Gasteiger partial charge < -0.3 is 10.6 Å². The van der Waals surface area contributed by atoms with Crippen molar-refractivity contribution in [3.8, 4) is 0 Å². The maximum absolute atomic E-state index is 3.54. The Morgan fingerprint density at radius 3 is 3.07 bits per heavy atom. The summed E-state index contributed by atoms with van der Waals surface area (Å²) in [5.74, 6) is 0. The molecule has 2 unspecified atom stereocenters. The summed E-state index contributed by atoms with van der Waals surface area (Å²) in [6, 6.07) is 3.28. The van der Waals surface area contributed by atoms with Gasteiger partial charge in [-0.25, -0.2) is 0 Å². The maximum atomic E-state index is 3.54. The van der Waals surface area contributed by atoms with Crippen LogP contribution in [-0.4, -0.2) is 19.6 Å². The monoisotopic (exact) mass is 274 g/mol. The minimum absolute atomic E-state index is 0.466. The summed E-state index contributed by atoms with van der Waals surface area (Å²) < 4.78 is 1.19. The van der Waals surface area contributed by atoms with Gasteiger partial charge in [0, 0.05) is 20.8 Å². The molecule has 2 nitrogen and oxygen atoms in total. The van der Waals surface area contributed by atoms with Gasteiger partial charge in [-0.15, -0.1) is 11.3 Å². The number of halogens is 1. The molecule has 2 rings (SSSR count). The van der Waals surface area contributed by atoms with Crippen LogP contribution in [0.5, 0.6) is 0 Å². The van der Waals surface area contributed by atoms with Crippen molar-refractivity contribution in [1.29, 1.82) is 0 Å². The first-order chi connectivity index (χ1) is 6.81. The molecule has 4 heteroatoms. The number of hydrogen-bond donors (Lipinski definition) is 2. The van der Waals surface area contributed by atoms with E-state index in [0.717, 1.165) is 6.54 Å². The Morgan fingerprint density at radius 1 is 1.71 bits per heavy atom. The molecule has 2 N–H and O–H groups in total. The van der Waals surface area contributed by atoms with Crippen molar-refractivity contribution >= 4 is 27.3 Å². The van der Waals surface area contributed by atoms with Gasteiger partial charge in [-0.2, -0.15) is 0 Å². The zero-order valence-corrected chi connectivity index (χ0v) is 10.6. The molecule has 1 aromatic rings. The lowest BCUT2D eigenvalue weighted by Crippen LogP contribution is -2.35. The first kappa shape index (κ1) is 10.6. The van der Waals surface area contributed by atoms with Crippen LogP contribution >= 0.6 is 27.3 Å². The fraction of sp³-hybridized carbons (Fsp3) is 0.600. The smallest absolute Gasteiger partial charge is 0.0568 e. The van der Waals surface area contributed by atoms with Crippen molar-refractivity contribution in [2.45, 2.75) is 24.9 Å². The topological polar surface area (TPSA) is 24.1 Å². The summed E-state index contributed by atoms with van der Waals surface area (Å²) in [5, 5.41) is 9.09. The molecule has 2 atom stereocenters. The van der Waals surface area contributed by atoms with Crippen LogP contribution in [0, 0.1) is 0 Å². The van der Waals surface area contributed by atoms with E-state index in [-0.39, 0.29) is 0 Å². The van der Waals surface area contributed by atoms with Crippen molar-refractivity contribution in [2.75, 3.05) is 13.6 Å². The Labute approximate surface area is 97.2 Å². The minimum Gasteiger partial charge on any atom is -0.312 e. The molecule has 2 heterocycles. The van der Waals surface area contributed by atoms with Gasteiger partial charge >= 0.3 is 0 Å². The number of likely N-dealkylation sites (N-methyl/N-ethyl adjacent to an activating group) is 1. The van der Waals surface area contributed by atoms with E-state index >= 15 is 0 Å². The number of thiophene rings is 1. The molecule has 1 aliphatic rings. The number of nitrogens with one attached hydrogen (secondary N) is 2. The highest BCUT2D eigenvalue weighted by Gasteiger charge is 2.25. The third kappa shape index (κ3) is 2.19. The van der Waals surface area contributed by atoms with Gasteiger partial charge in [0.05, 0.1) is 6.04 Å². The van der Waals surface area contributed by atoms with Crippen LogP contribution in [0.25, 0.3) is 0 Å². The zero-order chi connectivity index (χ0) is 9.97. The van der Waals surface area contributed by atoms with Gasteiger partial charge in [-0.3, -0.25) is 0 Å². The van der Waals surface area contributed by atoms with E-state index < -0.39 is 0 Å². The predicted octanol–water partition coefficient (Wildman–Crippen LogP) is 2.52. The molecule has 78 valence electrons. The zero-order valence-electron chi connectivity index (χ0n) is 8.22. The van der Waals surface area contributed by atoms with E-state index in [9.17, 15) is 0 Å². The highest BCUT2D eigenvalue weighted by Crippen LogP contribution is 2.29. The third-order valence-corrected chi connectivity index (χ3v) is 4.48. The standard InChI is InChI=1S/C10H15BrN2S/c1-12-10(8-3-2-4-13-8)9-5-7(11)6-14-9/h5-6,8,10,12-13H,2-4H2,1H3. The quantitative estimate of drug-likeness (QED) is 0.885. The van der Waals surface area contributed by atoms with Gasteiger partial charge in [0.1, 0.15) is 0 Å². The summed E-state index contributed by atoms with van der Waals surface area (Å²) in [6.45, 7) is 1.16.